The van der Waals surface area contributed by atoms with Gasteiger partial charge in [-0.05, 0) is 43.5 Å². The Morgan fingerprint density at radius 2 is 1.93 bits per heavy atom. The molecule has 6 heteroatoms. The van der Waals surface area contributed by atoms with Crippen LogP contribution in [0.5, 0.6) is 5.75 Å². The van der Waals surface area contributed by atoms with Crippen LogP contribution in [0.15, 0.2) is 54.7 Å². The van der Waals surface area contributed by atoms with Crippen LogP contribution in [0.3, 0.4) is 0 Å². The summed E-state index contributed by atoms with van der Waals surface area (Å²) in [5.74, 6) is 0.809. The van der Waals surface area contributed by atoms with Gasteiger partial charge in [-0.2, -0.15) is 10.2 Å². The van der Waals surface area contributed by atoms with Gasteiger partial charge in [-0.15, -0.1) is 0 Å². The second kappa shape index (κ2) is 7.95. The van der Waals surface area contributed by atoms with Crippen molar-refractivity contribution in [2.45, 2.75) is 32.2 Å². The number of fused-ring (bicyclic) bond motifs is 1. The minimum Gasteiger partial charge on any atom is -0.491 e. The smallest absolute Gasteiger partial charge is 0.121 e. The van der Waals surface area contributed by atoms with Crippen molar-refractivity contribution in [2.24, 2.45) is 0 Å². The molecule has 0 radical (unpaired) electrons. The quantitative estimate of drug-likeness (QED) is 0.397. The molecule has 0 unspecified atom stereocenters. The Hall–Kier alpha value is -3.12. The van der Waals surface area contributed by atoms with Crippen LogP contribution in [0.4, 0.5) is 0 Å². The molecule has 2 aromatic carbocycles. The van der Waals surface area contributed by atoms with Crippen molar-refractivity contribution in [1.82, 2.24) is 19.6 Å². The SMILES string of the molecule is CCc1nn(C2CC2)c2cc(-c3ccn(-c4cccc(OCCOC)c4)n3)ccc12. The molecule has 1 fully saturated rings. The Morgan fingerprint density at radius 1 is 1.03 bits per heavy atom. The van der Waals surface area contributed by atoms with Crippen molar-refractivity contribution >= 4 is 10.9 Å². The number of aryl methyl sites for hydroxylation is 1. The zero-order valence-electron chi connectivity index (χ0n) is 17.4. The maximum Gasteiger partial charge on any atom is 0.121 e. The summed E-state index contributed by atoms with van der Waals surface area (Å²) >= 11 is 0. The predicted octanol–water partition coefficient (Wildman–Crippen LogP) is 4.81. The highest BCUT2D eigenvalue weighted by Crippen LogP contribution is 2.38. The van der Waals surface area contributed by atoms with E-state index in [4.69, 9.17) is 19.7 Å². The van der Waals surface area contributed by atoms with Crippen LogP contribution in [0, 0.1) is 0 Å². The summed E-state index contributed by atoms with van der Waals surface area (Å²) in [4.78, 5) is 0. The van der Waals surface area contributed by atoms with Gasteiger partial charge >= 0.3 is 0 Å². The highest BCUT2D eigenvalue weighted by molar-refractivity contribution is 5.86. The first-order chi connectivity index (χ1) is 14.8. The van der Waals surface area contributed by atoms with Crippen molar-refractivity contribution in [2.75, 3.05) is 20.3 Å². The fourth-order valence-electron chi connectivity index (χ4n) is 3.80. The van der Waals surface area contributed by atoms with Gasteiger partial charge in [-0.25, -0.2) is 4.68 Å². The molecule has 4 aromatic rings. The minimum atomic E-state index is 0.527. The monoisotopic (exact) mass is 402 g/mol. The largest absolute Gasteiger partial charge is 0.491 e. The number of methoxy groups -OCH3 is 1. The Balaban J connectivity index is 1.45. The first kappa shape index (κ1) is 18.9. The number of nitrogens with zero attached hydrogens (tertiary/aromatic N) is 4. The summed E-state index contributed by atoms with van der Waals surface area (Å²) in [6.45, 7) is 3.26. The molecule has 5 rings (SSSR count). The summed E-state index contributed by atoms with van der Waals surface area (Å²) in [6, 6.07) is 17.1. The Morgan fingerprint density at radius 3 is 2.73 bits per heavy atom. The van der Waals surface area contributed by atoms with E-state index in [2.05, 4.69) is 35.9 Å². The lowest BCUT2D eigenvalue weighted by Crippen LogP contribution is -2.04. The van der Waals surface area contributed by atoms with E-state index in [1.165, 1.54) is 29.4 Å². The van der Waals surface area contributed by atoms with Crippen LogP contribution in [0.2, 0.25) is 0 Å². The second-order valence-electron chi connectivity index (χ2n) is 7.69. The molecule has 0 aliphatic heterocycles. The molecule has 1 saturated carbocycles. The zero-order valence-corrected chi connectivity index (χ0v) is 17.4. The van der Waals surface area contributed by atoms with Gasteiger partial charge in [0.25, 0.3) is 0 Å². The molecular weight excluding hydrogens is 376 g/mol. The van der Waals surface area contributed by atoms with Crippen molar-refractivity contribution in [3.63, 3.8) is 0 Å². The predicted molar refractivity (Wildman–Crippen MR) is 117 cm³/mol. The molecule has 0 bridgehead atoms. The van der Waals surface area contributed by atoms with E-state index >= 15 is 0 Å². The van der Waals surface area contributed by atoms with Gasteiger partial charge in [-0.3, -0.25) is 4.68 Å². The van der Waals surface area contributed by atoms with Gasteiger partial charge in [0, 0.05) is 30.3 Å². The molecule has 0 saturated heterocycles. The van der Waals surface area contributed by atoms with Gasteiger partial charge in [0.1, 0.15) is 12.4 Å². The van der Waals surface area contributed by atoms with Gasteiger partial charge in [0.2, 0.25) is 0 Å². The Kier molecular flexibility index (Phi) is 5.01. The average molecular weight is 402 g/mol. The van der Waals surface area contributed by atoms with E-state index in [1.807, 2.05) is 35.1 Å². The molecule has 1 aliphatic rings. The molecule has 0 atom stereocenters. The van der Waals surface area contributed by atoms with Crippen molar-refractivity contribution in [3.05, 3.63) is 60.4 Å². The highest BCUT2D eigenvalue weighted by Gasteiger charge is 2.27. The third kappa shape index (κ3) is 3.59. The molecule has 6 nitrogen and oxygen atoms in total. The van der Waals surface area contributed by atoms with E-state index in [0.29, 0.717) is 19.3 Å². The molecule has 2 heterocycles. The lowest BCUT2D eigenvalue weighted by molar-refractivity contribution is 0.146. The van der Waals surface area contributed by atoms with E-state index in [1.54, 1.807) is 7.11 Å². The average Bonchev–Trinajstić information content (AvgIpc) is 3.38. The number of rotatable bonds is 8. The first-order valence-corrected chi connectivity index (χ1v) is 10.6. The first-order valence-electron chi connectivity index (χ1n) is 10.6. The molecule has 0 spiro atoms. The summed E-state index contributed by atoms with van der Waals surface area (Å²) < 4.78 is 14.9. The number of aromatic nitrogens is 4. The Labute approximate surface area is 176 Å². The number of ether oxygens (including phenoxy) is 2. The molecular formula is C24H26N4O2. The third-order valence-electron chi connectivity index (χ3n) is 5.53. The van der Waals surface area contributed by atoms with Crippen molar-refractivity contribution in [1.29, 1.82) is 0 Å². The Bertz CT molecular complexity index is 1170. The summed E-state index contributed by atoms with van der Waals surface area (Å²) in [5, 5.41) is 10.9. The summed E-state index contributed by atoms with van der Waals surface area (Å²) in [5.41, 5.74) is 5.42. The van der Waals surface area contributed by atoms with Crippen LogP contribution >= 0.6 is 0 Å². The van der Waals surface area contributed by atoms with Gasteiger partial charge in [0.15, 0.2) is 0 Å². The summed E-state index contributed by atoms with van der Waals surface area (Å²) in [7, 11) is 1.67. The van der Waals surface area contributed by atoms with E-state index in [-0.39, 0.29) is 0 Å². The zero-order chi connectivity index (χ0) is 20.5. The minimum absolute atomic E-state index is 0.527. The lowest BCUT2D eigenvalue weighted by Gasteiger charge is -2.07. The van der Waals surface area contributed by atoms with Crippen LogP contribution in [-0.2, 0) is 11.2 Å². The van der Waals surface area contributed by atoms with E-state index < -0.39 is 0 Å². The topological polar surface area (TPSA) is 54.1 Å². The van der Waals surface area contributed by atoms with Crippen LogP contribution in [-0.4, -0.2) is 39.9 Å². The summed E-state index contributed by atoms with van der Waals surface area (Å²) in [6.07, 6.45) is 5.39. The van der Waals surface area contributed by atoms with Crippen molar-refractivity contribution < 1.29 is 9.47 Å². The van der Waals surface area contributed by atoms with Gasteiger partial charge < -0.3 is 9.47 Å². The second-order valence-corrected chi connectivity index (χ2v) is 7.69. The maximum absolute atomic E-state index is 5.73. The van der Waals surface area contributed by atoms with E-state index in [0.717, 1.165) is 29.1 Å². The molecule has 1 aliphatic carbocycles. The van der Waals surface area contributed by atoms with Crippen LogP contribution < -0.4 is 4.74 Å². The fourth-order valence-corrected chi connectivity index (χ4v) is 3.80. The molecule has 0 amide bonds. The van der Waals surface area contributed by atoms with Crippen LogP contribution in [0.25, 0.3) is 27.8 Å². The van der Waals surface area contributed by atoms with Gasteiger partial charge in [-0.1, -0.05) is 25.1 Å². The molecule has 154 valence electrons. The third-order valence-corrected chi connectivity index (χ3v) is 5.53. The van der Waals surface area contributed by atoms with Crippen LogP contribution in [0.1, 0.15) is 31.5 Å². The van der Waals surface area contributed by atoms with E-state index in [9.17, 15) is 0 Å². The number of benzene rings is 2. The van der Waals surface area contributed by atoms with Crippen molar-refractivity contribution in [3.8, 4) is 22.7 Å². The van der Waals surface area contributed by atoms with Gasteiger partial charge in [0.05, 0.1) is 35.2 Å². The molecule has 30 heavy (non-hydrogen) atoms. The fraction of sp³-hybridized carbons (Fsp3) is 0.333. The number of hydrogen-bond acceptors (Lipinski definition) is 4. The standard InChI is InChI=1S/C24H26N4O2/c1-3-22-21-10-7-17(15-24(21)28(26-22)18-8-9-18)23-11-12-27(25-23)19-5-4-6-20(16-19)30-14-13-29-2/h4-7,10-12,15-16,18H,3,8-9,13-14H2,1-2H3. The lowest BCUT2D eigenvalue weighted by atomic mass is 10.1. The normalized spacial score (nSPS) is 13.8. The number of hydrogen-bond donors (Lipinski definition) is 0. The maximum atomic E-state index is 5.73. The molecule has 0 N–H and O–H groups in total. The highest BCUT2D eigenvalue weighted by atomic mass is 16.5. The molecule has 2 aromatic heterocycles.